The van der Waals surface area contributed by atoms with Gasteiger partial charge in [0.15, 0.2) is 0 Å². The van der Waals surface area contributed by atoms with E-state index in [1.54, 1.807) is 0 Å². The molecule has 0 radical (unpaired) electrons. The van der Waals surface area contributed by atoms with Crippen LogP contribution in [0.25, 0.3) is 0 Å². The van der Waals surface area contributed by atoms with Gasteiger partial charge in [-0.3, -0.25) is 0 Å². The molecule has 1 heterocycles. The van der Waals surface area contributed by atoms with Crippen molar-refractivity contribution in [1.29, 1.82) is 0 Å². The maximum absolute atomic E-state index is 4.62. The minimum atomic E-state index is 0.776. The van der Waals surface area contributed by atoms with Crippen LogP contribution < -0.4 is 0 Å². The molecule has 1 aliphatic carbocycles. The van der Waals surface area contributed by atoms with Crippen LogP contribution in [0.1, 0.15) is 55.1 Å². The Morgan fingerprint density at radius 1 is 1.44 bits per heavy atom. The van der Waals surface area contributed by atoms with Crippen molar-refractivity contribution in [3.63, 3.8) is 0 Å². The predicted octanol–water partition coefficient (Wildman–Crippen LogP) is 3.77. The summed E-state index contributed by atoms with van der Waals surface area (Å²) < 4.78 is 0. The van der Waals surface area contributed by atoms with Crippen molar-refractivity contribution in [2.75, 3.05) is 0 Å². The Morgan fingerprint density at radius 2 is 2.38 bits per heavy atom. The SMILES string of the molecule is CCCCC[Se]C1CCCc2cccnc21. The van der Waals surface area contributed by atoms with E-state index < -0.39 is 0 Å². The van der Waals surface area contributed by atoms with Gasteiger partial charge in [-0.1, -0.05) is 0 Å². The van der Waals surface area contributed by atoms with Crippen LogP contribution >= 0.6 is 0 Å². The standard InChI is InChI=1S/C14H21NSe/c1-2-3-4-11-16-13-9-5-7-12-8-6-10-15-14(12)13/h6,8,10,13H,2-5,7,9,11H2,1H3. The first kappa shape index (κ1) is 12.1. The van der Waals surface area contributed by atoms with E-state index in [0.717, 1.165) is 19.8 Å². The molecular formula is C14H21NSe. The molecule has 0 fully saturated rings. The van der Waals surface area contributed by atoms with Crippen LogP contribution in [-0.2, 0) is 6.42 Å². The van der Waals surface area contributed by atoms with Gasteiger partial charge >= 0.3 is 105 Å². The second-order valence-electron chi connectivity index (χ2n) is 4.51. The van der Waals surface area contributed by atoms with Gasteiger partial charge in [-0.05, 0) is 0 Å². The van der Waals surface area contributed by atoms with Gasteiger partial charge in [-0.2, -0.15) is 0 Å². The summed E-state index contributed by atoms with van der Waals surface area (Å²) in [5, 5.41) is 1.45. The predicted molar refractivity (Wildman–Crippen MR) is 70.0 cm³/mol. The Morgan fingerprint density at radius 3 is 3.25 bits per heavy atom. The van der Waals surface area contributed by atoms with E-state index in [0.29, 0.717) is 0 Å². The third-order valence-electron chi connectivity index (χ3n) is 3.21. The molecule has 0 saturated carbocycles. The third kappa shape index (κ3) is 3.08. The Labute approximate surface area is 105 Å². The number of fused-ring (bicyclic) bond motifs is 1. The number of rotatable bonds is 5. The van der Waals surface area contributed by atoms with Gasteiger partial charge in [0.25, 0.3) is 0 Å². The van der Waals surface area contributed by atoms with Gasteiger partial charge in [0, 0.05) is 0 Å². The molecule has 2 heteroatoms. The summed E-state index contributed by atoms with van der Waals surface area (Å²) in [5.41, 5.74) is 2.96. The molecule has 0 bridgehead atoms. The monoisotopic (exact) mass is 283 g/mol. The fourth-order valence-electron chi connectivity index (χ4n) is 2.31. The topological polar surface area (TPSA) is 12.9 Å². The second-order valence-corrected chi connectivity index (χ2v) is 7.26. The zero-order valence-electron chi connectivity index (χ0n) is 10.1. The molecule has 0 amide bonds. The van der Waals surface area contributed by atoms with Gasteiger partial charge in [-0.25, -0.2) is 0 Å². The Bertz CT molecular complexity index is 324. The summed E-state index contributed by atoms with van der Waals surface area (Å²) in [6.45, 7) is 2.28. The fourth-order valence-corrected chi connectivity index (χ4v) is 5.16. The Kier molecular flexibility index (Phi) is 4.87. The van der Waals surface area contributed by atoms with Crippen LogP contribution in [-0.4, -0.2) is 19.9 Å². The van der Waals surface area contributed by atoms with Crippen molar-refractivity contribution < 1.29 is 0 Å². The van der Waals surface area contributed by atoms with Gasteiger partial charge in [0.2, 0.25) is 0 Å². The van der Waals surface area contributed by atoms with Crippen LogP contribution in [0, 0.1) is 0 Å². The van der Waals surface area contributed by atoms with Crippen molar-refractivity contribution in [2.24, 2.45) is 0 Å². The molecule has 16 heavy (non-hydrogen) atoms. The number of aromatic nitrogens is 1. The molecule has 1 aromatic rings. The summed E-state index contributed by atoms with van der Waals surface area (Å²) in [5.74, 6) is 0. The van der Waals surface area contributed by atoms with Gasteiger partial charge in [0.1, 0.15) is 0 Å². The Hall–Kier alpha value is -0.331. The zero-order chi connectivity index (χ0) is 11.2. The van der Waals surface area contributed by atoms with E-state index in [1.807, 2.05) is 6.20 Å². The van der Waals surface area contributed by atoms with Crippen molar-refractivity contribution in [2.45, 2.75) is 55.6 Å². The van der Waals surface area contributed by atoms with E-state index >= 15 is 0 Å². The number of nitrogens with zero attached hydrogens (tertiary/aromatic N) is 1. The first-order valence-corrected chi connectivity index (χ1v) is 8.67. The number of unbranched alkanes of at least 4 members (excludes halogenated alkanes) is 2. The molecule has 0 aromatic carbocycles. The van der Waals surface area contributed by atoms with Crippen molar-refractivity contribution in [3.05, 3.63) is 29.6 Å². The number of pyridine rings is 1. The first-order chi connectivity index (χ1) is 7.92. The third-order valence-corrected chi connectivity index (χ3v) is 6.12. The molecule has 0 aliphatic heterocycles. The number of hydrogen-bond donors (Lipinski definition) is 0. The van der Waals surface area contributed by atoms with Crippen LogP contribution in [0.15, 0.2) is 18.3 Å². The number of hydrogen-bond acceptors (Lipinski definition) is 1. The minimum absolute atomic E-state index is 0.776. The molecule has 0 spiro atoms. The van der Waals surface area contributed by atoms with Gasteiger partial charge in [0.05, 0.1) is 0 Å². The molecule has 1 aromatic heterocycles. The van der Waals surface area contributed by atoms with E-state index in [1.165, 1.54) is 55.1 Å². The van der Waals surface area contributed by atoms with Crippen molar-refractivity contribution >= 4 is 15.0 Å². The van der Waals surface area contributed by atoms with Crippen LogP contribution in [0.4, 0.5) is 0 Å². The van der Waals surface area contributed by atoms with Crippen molar-refractivity contribution in [3.8, 4) is 0 Å². The molecule has 0 saturated heterocycles. The molecule has 1 nitrogen and oxygen atoms in total. The van der Waals surface area contributed by atoms with E-state index in [9.17, 15) is 0 Å². The molecule has 1 atom stereocenters. The zero-order valence-corrected chi connectivity index (χ0v) is 11.8. The molecule has 88 valence electrons. The first-order valence-electron chi connectivity index (χ1n) is 6.47. The number of aryl methyl sites for hydroxylation is 1. The second kappa shape index (κ2) is 6.42. The van der Waals surface area contributed by atoms with E-state index in [2.05, 4.69) is 24.0 Å². The molecule has 1 unspecified atom stereocenters. The van der Waals surface area contributed by atoms with Crippen molar-refractivity contribution in [1.82, 2.24) is 4.98 Å². The van der Waals surface area contributed by atoms with Crippen LogP contribution in [0.5, 0.6) is 0 Å². The normalized spacial score (nSPS) is 19.4. The molecule has 2 rings (SSSR count). The summed E-state index contributed by atoms with van der Waals surface area (Å²) in [6.07, 6.45) is 10.2. The summed E-state index contributed by atoms with van der Waals surface area (Å²) >= 11 is 0.776. The van der Waals surface area contributed by atoms with E-state index in [4.69, 9.17) is 0 Å². The van der Waals surface area contributed by atoms with Crippen LogP contribution in [0.3, 0.4) is 0 Å². The maximum atomic E-state index is 4.62. The van der Waals surface area contributed by atoms with Gasteiger partial charge < -0.3 is 0 Å². The average molecular weight is 282 g/mol. The average Bonchev–Trinajstić information content (AvgIpc) is 2.35. The Balaban J connectivity index is 1.91. The summed E-state index contributed by atoms with van der Waals surface area (Å²) in [7, 11) is 0. The molecular weight excluding hydrogens is 261 g/mol. The quantitative estimate of drug-likeness (QED) is 0.591. The van der Waals surface area contributed by atoms with Crippen LogP contribution in [0.2, 0.25) is 5.32 Å². The molecule has 0 N–H and O–H groups in total. The fraction of sp³-hybridized carbons (Fsp3) is 0.643. The molecule has 1 aliphatic rings. The van der Waals surface area contributed by atoms with Gasteiger partial charge in [-0.15, -0.1) is 0 Å². The van der Waals surface area contributed by atoms with E-state index in [-0.39, 0.29) is 0 Å². The summed E-state index contributed by atoms with van der Waals surface area (Å²) in [6, 6.07) is 4.36. The summed E-state index contributed by atoms with van der Waals surface area (Å²) in [4.78, 5) is 5.43.